The van der Waals surface area contributed by atoms with Gasteiger partial charge in [0.15, 0.2) is 6.29 Å². The van der Waals surface area contributed by atoms with Crippen molar-refractivity contribution in [3.8, 4) is 0 Å². The molecule has 6 heteroatoms. The number of aliphatic hydroxyl groups is 1. The fraction of sp³-hybridized carbons (Fsp3) is 0.438. The van der Waals surface area contributed by atoms with Gasteiger partial charge < -0.3 is 14.4 Å². The SMILES string of the molecule is CC1(C)OB(C(=Cc2ccc(C=O)c(Cl)c2)CO)OC1(C)C. The van der Waals surface area contributed by atoms with Crippen molar-refractivity contribution in [2.24, 2.45) is 0 Å². The first-order chi connectivity index (χ1) is 10.2. The lowest BCUT2D eigenvalue weighted by molar-refractivity contribution is 0.00578. The predicted octanol–water partition coefficient (Wildman–Crippen LogP) is 3.16. The number of hydrogen-bond donors (Lipinski definition) is 1. The second kappa shape index (κ2) is 6.16. The Morgan fingerprint density at radius 3 is 2.32 bits per heavy atom. The molecule has 1 aliphatic heterocycles. The number of hydrogen-bond acceptors (Lipinski definition) is 4. The summed E-state index contributed by atoms with van der Waals surface area (Å²) in [7, 11) is -0.612. The molecule has 0 atom stereocenters. The first kappa shape index (κ1) is 17.2. The molecule has 0 aliphatic carbocycles. The van der Waals surface area contributed by atoms with Crippen LogP contribution >= 0.6 is 11.6 Å². The van der Waals surface area contributed by atoms with E-state index >= 15 is 0 Å². The zero-order chi connectivity index (χ0) is 16.5. The van der Waals surface area contributed by atoms with E-state index in [1.165, 1.54) is 0 Å². The van der Waals surface area contributed by atoms with E-state index in [1.54, 1.807) is 24.3 Å². The minimum atomic E-state index is -0.612. The Kier molecular flexibility index (Phi) is 4.83. The molecule has 0 saturated carbocycles. The van der Waals surface area contributed by atoms with Gasteiger partial charge in [-0.2, -0.15) is 0 Å². The van der Waals surface area contributed by atoms with Gasteiger partial charge in [0.2, 0.25) is 0 Å². The molecule has 0 aromatic heterocycles. The van der Waals surface area contributed by atoms with E-state index in [0.29, 0.717) is 22.3 Å². The predicted molar refractivity (Wildman–Crippen MR) is 88.0 cm³/mol. The molecular weight excluding hydrogens is 302 g/mol. The Morgan fingerprint density at radius 2 is 1.86 bits per heavy atom. The van der Waals surface area contributed by atoms with E-state index < -0.39 is 18.3 Å². The molecule has 4 nitrogen and oxygen atoms in total. The van der Waals surface area contributed by atoms with E-state index in [9.17, 15) is 9.90 Å². The van der Waals surface area contributed by atoms with Crippen LogP contribution in [0.2, 0.25) is 5.02 Å². The summed E-state index contributed by atoms with van der Waals surface area (Å²) in [5, 5.41) is 10.0. The van der Waals surface area contributed by atoms with E-state index in [-0.39, 0.29) is 6.61 Å². The fourth-order valence-electron chi connectivity index (χ4n) is 2.13. The van der Waals surface area contributed by atoms with Gasteiger partial charge >= 0.3 is 7.12 Å². The van der Waals surface area contributed by atoms with Gasteiger partial charge in [-0.1, -0.05) is 23.7 Å². The van der Waals surface area contributed by atoms with Crippen molar-refractivity contribution < 1.29 is 19.2 Å². The molecule has 1 aromatic rings. The van der Waals surface area contributed by atoms with Crippen molar-refractivity contribution in [2.45, 2.75) is 38.9 Å². The summed E-state index contributed by atoms with van der Waals surface area (Å²) >= 11 is 6.02. The van der Waals surface area contributed by atoms with Gasteiger partial charge in [-0.3, -0.25) is 4.79 Å². The second-order valence-corrected chi connectivity index (χ2v) is 6.77. The Bertz CT molecular complexity index is 594. The number of benzene rings is 1. The molecule has 0 radical (unpaired) electrons. The molecule has 1 aromatic carbocycles. The molecule has 1 N–H and O–H groups in total. The topological polar surface area (TPSA) is 55.8 Å². The molecule has 0 amide bonds. The summed E-state index contributed by atoms with van der Waals surface area (Å²) in [5.74, 6) is 0. The van der Waals surface area contributed by atoms with Gasteiger partial charge in [-0.25, -0.2) is 0 Å². The minimum absolute atomic E-state index is 0.191. The Hall–Kier alpha value is -1.14. The molecule has 1 aliphatic rings. The third kappa shape index (κ3) is 3.28. The number of rotatable bonds is 4. The maximum absolute atomic E-state index is 10.8. The average molecular weight is 323 g/mol. The highest BCUT2D eigenvalue weighted by atomic mass is 35.5. The van der Waals surface area contributed by atoms with Crippen LogP contribution in [0.15, 0.2) is 23.7 Å². The number of aldehydes is 1. The van der Waals surface area contributed by atoms with Crippen molar-refractivity contribution in [1.82, 2.24) is 0 Å². The Morgan fingerprint density at radius 1 is 1.27 bits per heavy atom. The van der Waals surface area contributed by atoms with Crippen LogP contribution in [0.4, 0.5) is 0 Å². The van der Waals surface area contributed by atoms with Gasteiger partial charge in [-0.15, -0.1) is 0 Å². The van der Waals surface area contributed by atoms with Crippen molar-refractivity contribution in [3.63, 3.8) is 0 Å². The molecular formula is C16H20BClO4. The average Bonchev–Trinajstić information content (AvgIpc) is 2.65. The fourth-order valence-corrected chi connectivity index (χ4v) is 2.36. The molecule has 1 fully saturated rings. The van der Waals surface area contributed by atoms with Crippen LogP contribution in [-0.2, 0) is 9.31 Å². The minimum Gasteiger partial charge on any atom is -0.400 e. The van der Waals surface area contributed by atoms with Gasteiger partial charge in [0.05, 0.1) is 22.8 Å². The number of carbonyl (C=O) groups excluding carboxylic acids is 1. The monoisotopic (exact) mass is 322 g/mol. The van der Waals surface area contributed by atoms with Gasteiger partial charge in [0.1, 0.15) is 0 Å². The van der Waals surface area contributed by atoms with Crippen molar-refractivity contribution in [3.05, 3.63) is 39.8 Å². The van der Waals surface area contributed by atoms with Crippen LogP contribution in [0, 0.1) is 0 Å². The Balaban J connectivity index is 2.29. The summed E-state index contributed by atoms with van der Waals surface area (Å²) < 4.78 is 11.8. The smallest absolute Gasteiger partial charge is 0.400 e. The van der Waals surface area contributed by atoms with E-state index in [4.69, 9.17) is 20.9 Å². The van der Waals surface area contributed by atoms with Crippen LogP contribution < -0.4 is 0 Å². The first-order valence-corrected chi connectivity index (χ1v) is 7.49. The molecule has 118 valence electrons. The van der Waals surface area contributed by atoms with Crippen molar-refractivity contribution in [2.75, 3.05) is 6.61 Å². The summed E-state index contributed by atoms with van der Waals surface area (Å²) in [6.45, 7) is 7.63. The molecule has 0 unspecified atom stereocenters. The van der Waals surface area contributed by atoms with Crippen LogP contribution in [0.1, 0.15) is 43.6 Å². The van der Waals surface area contributed by atoms with Crippen molar-refractivity contribution >= 4 is 31.1 Å². The largest absolute Gasteiger partial charge is 0.492 e. The van der Waals surface area contributed by atoms with Crippen LogP contribution in [-0.4, -0.2) is 36.3 Å². The van der Waals surface area contributed by atoms with E-state index in [2.05, 4.69) is 0 Å². The molecule has 0 spiro atoms. The summed E-state index contributed by atoms with van der Waals surface area (Å²) in [6, 6.07) is 5.07. The van der Waals surface area contributed by atoms with Crippen LogP contribution in [0.5, 0.6) is 0 Å². The van der Waals surface area contributed by atoms with E-state index in [1.807, 2.05) is 27.7 Å². The third-order valence-electron chi connectivity index (χ3n) is 4.24. The third-order valence-corrected chi connectivity index (χ3v) is 4.57. The highest BCUT2D eigenvalue weighted by Crippen LogP contribution is 2.38. The maximum atomic E-state index is 10.8. The molecule has 1 saturated heterocycles. The van der Waals surface area contributed by atoms with Crippen molar-refractivity contribution in [1.29, 1.82) is 0 Å². The first-order valence-electron chi connectivity index (χ1n) is 7.12. The normalized spacial score (nSPS) is 20.3. The van der Waals surface area contributed by atoms with Crippen LogP contribution in [0.25, 0.3) is 6.08 Å². The highest BCUT2D eigenvalue weighted by Gasteiger charge is 2.52. The number of carbonyl (C=O) groups is 1. The van der Waals surface area contributed by atoms with Gasteiger partial charge in [0.25, 0.3) is 0 Å². The zero-order valence-corrected chi connectivity index (χ0v) is 14.0. The maximum Gasteiger partial charge on any atom is 0.492 e. The number of halogens is 1. The summed E-state index contributed by atoms with van der Waals surface area (Å²) in [4.78, 5) is 10.8. The lowest BCUT2D eigenvalue weighted by Crippen LogP contribution is -2.41. The Labute approximate surface area is 136 Å². The quantitative estimate of drug-likeness (QED) is 0.683. The van der Waals surface area contributed by atoms with E-state index in [0.717, 1.165) is 5.56 Å². The lowest BCUT2D eigenvalue weighted by Gasteiger charge is -2.32. The highest BCUT2D eigenvalue weighted by molar-refractivity contribution is 6.55. The second-order valence-electron chi connectivity index (χ2n) is 6.36. The summed E-state index contributed by atoms with van der Waals surface area (Å²) in [5.41, 5.74) is 0.874. The molecule has 2 rings (SSSR count). The summed E-state index contributed by atoms with van der Waals surface area (Å²) in [6.07, 6.45) is 2.47. The molecule has 22 heavy (non-hydrogen) atoms. The number of aliphatic hydroxyl groups excluding tert-OH is 1. The molecule has 0 bridgehead atoms. The lowest BCUT2D eigenvalue weighted by atomic mass is 9.77. The zero-order valence-electron chi connectivity index (χ0n) is 13.2. The van der Waals surface area contributed by atoms with Crippen LogP contribution in [0.3, 0.4) is 0 Å². The standard InChI is InChI=1S/C16H20BClO4/c1-15(2)16(3,4)22-17(21-15)13(10-20)7-11-5-6-12(9-19)14(18)8-11/h5-9,20H,10H2,1-4H3. The molecule has 1 heterocycles. The van der Waals surface area contributed by atoms with Gasteiger partial charge in [-0.05, 0) is 50.9 Å². The van der Waals surface area contributed by atoms with Gasteiger partial charge in [0, 0.05) is 5.56 Å².